The van der Waals surface area contributed by atoms with Crippen LogP contribution in [0.3, 0.4) is 0 Å². The summed E-state index contributed by atoms with van der Waals surface area (Å²) in [6.45, 7) is 0. The summed E-state index contributed by atoms with van der Waals surface area (Å²) in [4.78, 5) is 22.7. The van der Waals surface area contributed by atoms with Crippen LogP contribution in [0.1, 0.15) is 50.0 Å². The average molecular weight is 433 g/mol. The topological polar surface area (TPSA) is 85.1 Å². The molecule has 0 bridgehead atoms. The Morgan fingerprint density at radius 1 is 1.35 bits per heavy atom. The summed E-state index contributed by atoms with van der Waals surface area (Å²) in [7, 11) is 0. The zero-order valence-electron chi connectivity index (χ0n) is 14.2. The van der Waals surface area contributed by atoms with Crippen LogP contribution >= 0.6 is 23.1 Å². The zero-order chi connectivity index (χ0) is 17.5. The molecule has 1 aliphatic carbocycles. The quantitative estimate of drug-likeness (QED) is 0.387. The van der Waals surface area contributed by atoms with Crippen molar-refractivity contribution < 1.29 is 31.1 Å². The molecular formula is C17H20MnN3O3S2-. The van der Waals surface area contributed by atoms with Gasteiger partial charge in [0, 0.05) is 23.5 Å². The number of thiophene rings is 1. The van der Waals surface area contributed by atoms with Crippen molar-refractivity contribution in [3.8, 4) is 0 Å². The first-order chi connectivity index (χ1) is 12.2. The van der Waals surface area contributed by atoms with E-state index in [4.69, 9.17) is 4.42 Å². The average Bonchev–Trinajstić information content (AvgIpc) is 3.28. The van der Waals surface area contributed by atoms with Crippen LogP contribution in [0.15, 0.2) is 21.1 Å². The Morgan fingerprint density at radius 2 is 2.15 bits per heavy atom. The standard InChI is InChI=1S/C17H20N3O3S2.Mn/c21-10-13-8-9-24-16(13)18-14(22)11-25-17-20-19-15(23-17)7-6-12-4-2-1-3-5-12;/h8-9,12H,1-7,11H2,(H,18,22);/q-1;. The SMILES string of the molecule is O=[C-]c1ccsc1NC(=O)CSc1nnc(CCC2CCCCC2)o1.[Mn]. The van der Waals surface area contributed by atoms with Gasteiger partial charge in [-0.1, -0.05) is 49.2 Å². The molecule has 26 heavy (non-hydrogen) atoms. The Kier molecular flexibility index (Phi) is 8.84. The number of anilines is 1. The third kappa shape index (κ3) is 6.23. The molecule has 3 rings (SSSR count). The summed E-state index contributed by atoms with van der Waals surface area (Å²) in [5.41, 5.74) is 0.367. The van der Waals surface area contributed by atoms with Crippen LogP contribution in [0.2, 0.25) is 0 Å². The van der Waals surface area contributed by atoms with Crippen LogP contribution in [-0.2, 0) is 33.1 Å². The first-order valence-electron chi connectivity index (χ1n) is 8.45. The number of carbonyl (C=O) groups is 1. The number of nitrogens with zero attached hydrogens (tertiary/aromatic N) is 2. The number of carbonyl (C=O) groups excluding carboxylic acids is 2. The Hall–Kier alpha value is -1.15. The third-order valence-corrected chi connectivity index (χ3v) is 5.94. The largest absolute Gasteiger partial charge is 0.416 e. The molecule has 1 aliphatic rings. The fraction of sp³-hybridized carbons (Fsp3) is 0.529. The summed E-state index contributed by atoms with van der Waals surface area (Å²) in [5.74, 6) is 1.35. The van der Waals surface area contributed by atoms with E-state index in [0.29, 0.717) is 21.7 Å². The van der Waals surface area contributed by atoms with Crippen molar-refractivity contribution in [1.82, 2.24) is 10.2 Å². The first kappa shape index (κ1) is 21.2. The van der Waals surface area contributed by atoms with E-state index >= 15 is 0 Å². The smallest absolute Gasteiger partial charge is 0.277 e. The summed E-state index contributed by atoms with van der Waals surface area (Å²) in [5, 5.41) is 13.4. The minimum absolute atomic E-state index is 0. The van der Waals surface area contributed by atoms with Gasteiger partial charge in [-0.15, -0.1) is 21.8 Å². The van der Waals surface area contributed by atoms with Crippen LogP contribution in [-0.4, -0.2) is 28.1 Å². The monoisotopic (exact) mass is 433 g/mol. The van der Waals surface area contributed by atoms with Crippen molar-refractivity contribution in [3.63, 3.8) is 0 Å². The maximum absolute atomic E-state index is 11.9. The number of amides is 1. The molecule has 1 radical (unpaired) electrons. The van der Waals surface area contributed by atoms with Crippen molar-refractivity contribution in [2.45, 2.75) is 50.2 Å². The number of aromatic nitrogens is 2. The van der Waals surface area contributed by atoms with Gasteiger partial charge < -0.3 is 14.5 Å². The van der Waals surface area contributed by atoms with E-state index in [0.717, 1.165) is 18.8 Å². The molecule has 1 amide bonds. The number of rotatable bonds is 8. The number of hydrogen-bond acceptors (Lipinski definition) is 7. The maximum atomic E-state index is 11.9. The summed E-state index contributed by atoms with van der Waals surface area (Å²) >= 11 is 2.49. The fourth-order valence-corrected chi connectivity index (χ4v) is 4.31. The van der Waals surface area contributed by atoms with Crippen LogP contribution in [0, 0.1) is 5.92 Å². The van der Waals surface area contributed by atoms with Gasteiger partial charge in [0.2, 0.25) is 11.8 Å². The molecule has 1 N–H and O–H groups in total. The van der Waals surface area contributed by atoms with Crippen LogP contribution in [0.4, 0.5) is 5.00 Å². The minimum Gasteiger partial charge on any atom is -0.416 e. The molecule has 0 aromatic carbocycles. The second-order valence-electron chi connectivity index (χ2n) is 6.11. The molecule has 2 aromatic heterocycles. The van der Waals surface area contributed by atoms with Crippen LogP contribution < -0.4 is 5.32 Å². The van der Waals surface area contributed by atoms with Gasteiger partial charge in [-0.25, -0.2) is 11.3 Å². The number of aryl methyl sites for hydroxylation is 1. The Bertz CT molecular complexity index is 714. The van der Waals surface area contributed by atoms with Crippen molar-refractivity contribution in [1.29, 1.82) is 0 Å². The van der Waals surface area contributed by atoms with Crippen molar-refractivity contribution in [2.24, 2.45) is 5.92 Å². The summed E-state index contributed by atoms with van der Waals surface area (Å²) in [6, 6.07) is 1.62. The molecule has 0 saturated heterocycles. The van der Waals surface area contributed by atoms with Crippen molar-refractivity contribution in [2.75, 3.05) is 11.1 Å². The molecule has 2 heterocycles. The van der Waals surface area contributed by atoms with E-state index in [1.54, 1.807) is 17.7 Å². The summed E-state index contributed by atoms with van der Waals surface area (Å²) in [6.07, 6.45) is 10.3. The molecule has 6 nitrogen and oxygen atoms in total. The predicted molar refractivity (Wildman–Crippen MR) is 97.7 cm³/mol. The minimum atomic E-state index is -0.217. The second kappa shape index (κ2) is 10.9. The molecule has 0 atom stereocenters. The van der Waals surface area contributed by atoms with Crippen molar-refractivity contribution in [3.05, 3.63) is 22.9 Å². The Morgan fingerprint density at radius 3 is 2.92 bits per heavy atom. The van der Waals surface area contributed by atoms with E-state index in [2.05, 4.69) is 15.5 Å². The normalized spacial score (nSPS) is 14.6. The van der Waals surface area contributed by atoms with E-state index < -0.39 is 0 Å². The van der Waals surface area contributed by atoms with E-state index in [-0.39, 0.29) is 28.7 Å². The molecule has 1 saturated carbocycles. The van der Waals surface area contributed by atoms with Gasteiger partial charge in [0.25, 0.3) is 5.22 Å². The number of nitrogens with one attached hydrogen (secondary N) is 1. The van der Waals surface area contributed by atoms with E-state index in [9.17, 15) is 9.59 Å². The van der Waals surface area contributed by atoms with Gasteiger partial charge in [0.15, 0.2) is 0 Å². The number of hydrogen-bond donors (Lipinski definition) is 1. The van der Waals surface area contributed by atoms with Gasteiger partial charge in [-0.3, -0.25) is 4.79 Å². The number of thioether (sulfide) groups is 1. The molecule has 9 heteroatoms. The van der Waals surface area contributed by atoms with Crippen molar-refractivity contribution >= 4 is 40.3 Å². The summed E-state index contributed by atoms with van der Waals surface area (Å²) < 4.78 is 5.61. The fourth-order valence-electron chi connectivity index (χ4n) is 2.98. The van der Waals surface area contributed by atoms with Gasteiger partial charge in [-0.05, 0) is 17.3 Å². The van der Waals surface area contributed by atoms with E-state index in [1.807, 2.05) is 0 Å². The molecule has 141 valence electrons. The maximum Gasteiger partial charge on any atom is 0.277 e. The molecule has 0 aliphatic heterocycles. The predicted octanol–water partition coefficient (Wildman–Crippen LogP) is 3.83. The molecule has 0 spiro atoms. The van der Waals surface area contributed by atoms with E-state index in [1.165, 1.54) is 55.2 Å². The van der Waals surface area contributed by atoms with Gasteiger partial charge in [0.05, 0.1) is 12.0 Å². The molecule has 1 fully saturated rings. The van der Waals surface area contributed by atoms with Crippen LogP contribution in [0.5, 0.6) is 0 Å². The second-order valence-corrected chi connectivity index (χ2v) is 7.95. The first-order valence-corrected chi connectivity index (χ1v) is 10.3. The van der Waals surface area contributed by atoms with Gasteiger partial charge in [-0.2, -0.15) is 0 Å². The Labute approximate surface area is 171 Å². The van der Waals surface area contributed by atoms with Crippen LogP contribution in [0.25, 0.3) is 0 Å². The van der Waals surface area contributed by atoms with Gasteiger partial charge in [0.1, 0.15) is 0 Å². The molecule has 2 aromatic rings. The molecular weight excluding hydrogens is 413 g/mol. The molecule has 0 unspecified atom stereocenters. The van der Waals surface area contributed by atoms with Gasteiger partial charge >= 0.3 is 0 Å². The zero-order valence-corrected chi connectivity index (χ0v) is 17.0. The Balaban J connectivity index is 0.00000243. The third-order valence-electron chi connectivity index (χ3n) is 4.29.